The minimum absolute atomic E-state index is 0.149. The number of hydrogen-bond donors (Lipinski definition) is 4. The van der Waals surface area contributed by atoms with E-state index in [9.17, 15) is 32.7 Å². The van der Waals surface area contributed by atoms with Crippen molar-refractivity contribution in [1.82, 2.24) is 25.4 Å². The first-order valence-electron chi connectivity index (χ1n) is 19.8. The van der Waals surface area contributed by atoms with Crippen LogP contribution in [0.25, 0.3) is 10.9 Å². The van der Waals surface area contributed by atoms with Crippen LogP contribution in [0, 0.1) is 5.92 Å². The Morgan fingerprint density at radius 2 is 1.71 bits per heavy atom. The van der Waals surface area contributed by atoms with Crippen LogP contribution in [0.3, 0.4) is 0 Å². The molecule has 0 unspecified atom stereocenters. The van der Waals surface area contributed by atoms with Crippen LogP contribution >= 0.6 is 0 Å². The third kappa shape index (κ3) is 9.56. The van der Waals surface area contributed by atoms with Crippen LogP contribution in [0.1, 0.15) is 108 Å². The number of nitrogens with zero attached hydrogens (tertiary/aromatic N) is 3. The fourth-order valence-electron chi connectivity index (χ4n) is 7.86. The number of carbonyl (C=O) groups excluding carboxylic acids is 3. The minimum Gasteiger partial charge on any atom is -0.456 e. The lowest BCUT2D eigenvalue weighted by molar-refractivity contribution is -0.141. The van der Waals surface area contributed by atoms with Gasteiger partial charge >= 0.3 is 6.18 Å². The first-order valence-corrected chi connectivity index (χ1v) is 19.8. The quantitative estimate of drug-likeness (QED) is 0.0649. The number of pyridine rings is 1. The van der Waals surface area contributed by atoms with Gasteiger partial charge in [-0.25, -0.2) is 4.98 Å². The number of nitrogens with one attached hydrogen (secondary N) is 3. The second-order valence-corrected chi connectivity index (χ2v) is 15.7. The Morgan fingerprint density at radius 1 is 0.948 bits per heavy atom. The van der Waals surface area contributed by atoms with Gasteiger partial charge in [-0.15, -0.1) is 0 Å². The maximum atomic E-state index is 13.2. The molecule has 0 radical (unpaired) electrons. The van der Waals surface area contributed by atoms with Crippen molar-refractivity contribution in [2.24, 2.45) is 5.92 Å². The van der Waals surface area contributed by atoms with E-state index in [0.717, 1.165) is 87.5 Å². The number of amides is 3. The summed E-state index contributed by atoms with van der Waals surface area (Å²) in [5.74, 6) is 0.150. The molecule has 14 heteroatoms. The summed E-state index contributed by atoms with van der Waals surface area (Å²) in [5.41, 5.74) is 0.534. The van der Waals surface area contributed by atoms with Gasteiger partial charge in [0.15, 0.2) is 0 Å². The Morgan fingerprint density at radius 3 is 2.48 bits per heavy atom. The van der Waals surface area contributed by atoms with Crippen molar-refractivity contribution >= 4 is 34.3 Å². The Bertz CT molecular complexity index is 2310. The molecule has 1 saturated carbocycles. The van der Waals surface area contributed by atoms with E-state index in [0.29, 0.717) is 39.6 Å². The van der Waals surface area contributed by atoms with E-state index in [1.54, 1.807) is 44.2 Å². The number of aliphatic hydroxyl groups is 1. The molecular formula is C44H47F3N6O5. The minimum atomic E-state index is -4.69. The molecule has 304 valence electrons. The monoisotopic (exact) mass is 796 g/mol. The van der Waals surface area contributed by atoms with Crippen molar-refractivity contribution in [3.63, 3.8) is 0 Å². The molecule has 0 saturated heterocycles. The number of aromatic nitrogens is 3. The van der Waals surface area contributed by atoms with Crippen LogP contribution in [0.5, 0.6) is 11.5 Å². The number of anilines is 1. The molecule has 5 aromatic rings. The number of hydrogen-bond acceptors (Lipinski definition) is 8. The van der Waals surface area contributed by atoms with Gasteiger partial charge in [0.1, 0.15) is 22.9 Å². The van der Waals surface area contributed by atoms with E-state index in [1.165, 1.54) is 6.07 Å². The molecule has 0 spiro atoms. The van der Waals surface area contributed by atoms with E-state index in [2.05, 4.69) is 20.9 Å². The number of aryl methyl sites for hydroxylation is 1. The van der Waals surface area contributed by atoms with Gasteiger partial charge in [0.05, 0.1) is 29.1 Å². The van der Waals surface area contributed by atoms with Gasteiger partial charge < -0.3 is 20.5 Å². The van der Waals surface area contributed by atoms with Crippen molar-refractivity contribution in [3.8, 4) is 11.5 Å². The highest BCUT2D eigenvalue weighted by molar-refractivity contribution is 6.11. The third-order valence-corrected chi connectivity index (χ3v) is 10.9. The molecule has 1 aliphatic carbocycles. The van der Waals surface area contributed by atoms with Gasteiger partial charge in [-0.3, -0.25) is 24.4 Å². The topological polar surface area (TPSA) is 147 Å². The molecule has 58 heavy (non-hydrogen) atoms. The van der Waals surface area contributed by atoms with Crippen LogP contribution in [-0.2, 0) is 29.4 Å². The molecule has 0 bridgehead atoms. The molecule has 3 aromatic carbocycles. The van der Waals surface area contributed by atoms with Gasteiger partial charge in [-0.05, 0) is 125 Å². The molecule has 2 aliphatic rings. The summed E-state index contributed by atoms with van der Waals surface area (Å²) in [6.07, 6.45) is 5.33. The zero-order chi connectivity index (χ0) is 41.0. The highest BCUT2D eigenvalue weighted by Crippen LogP contribution is 2.37. The second-order valence-electron chi connectivity index (χ2n) is 15.7. The van der Waals surface area contributed by atoms with Gasteiger partial charge in [0.2, 0.25) is 5.91 Å². The standard InChI is InChI=1S/C44H47F3N6O5/c1-43(2,57)32-24-34-30(22-35(32)50-41(55)33-13-9-16-38(49-33)44(45,46)47)26-53(52-34)31-19-17-27(18-20-31)25-48-21-7-3-4-10-28-11-5-6-14-36(28)58-37-15-8-12-29-23-39(54)51-42(56)40(29)37/h5-6,8-9,11-16,22,24,26-27,31,48,57H,3-4,7,10,17-21,23,25H2,1-2H3,(H,50,55)(H,51,54,56). The van der Waals surface area contributed by atoms with E-state index in [4.69, 9.17) is 9.84 Å². The predicted octanol–water partition coefficient (Wildman–Crippen LogP) is 8.27. The fourth-order valence-corrected chi connectivity index (χ4v) is 7.86. The molecule has 7 rings (SSSR count). The van der Waals surface area contributed by atoms with Gasteiger partial charge in [-0.1, -0.05) is 42.8 Å². The highest BCUT2D eigenvalue weighted by Gasteiger charge is 2.33. The smallest absolute Gasteiger partial charge is 0.433 e. The number of ether oxygens (including phenoxy) is 1. The number of para-hydroxylation sites is 1. The van der Waals surface area contributed by atoms with Gasteiger partial charge in [-0.2, -0.15) is 18.3 Å². The van der Waals surface area contributed by atoms with E-state index in [1.807, 2.05) is 35.1 Å². The predicted molar refractivity (Wildman–Crippen MR) is 213 cm³/mol. The molecule has 11 nitrogen and oxygen atoms in total. The number of alkyl halides is 3. The van der Waals surface area contributed by atoms with Crippen molar-refractivity contribution in [2.45, 2.75) is 89.5 Å². The Kier molecular flexibility index (Phi) is 12.0. The molecule has 4 N–H and O–H groups in total. The summed E-state index contributed by atoms with van der Waals surface area (Å²) in [6.45, 7) is 5.02. The van der Waals surface area contributed by atoms with Crippen LogP contribution < -0.4 is 20.7 Å². The number of benzene rings is 3. The molecule has 0 atom stereocenters. The van der Waals surface area contributed by atoms with Gasteiger partial charge in [0, 0.05) is 22.8 Å². The molecular weight excluding hydrogens is 750 g/mol. The maximum absolute atomic E-state index is 13.2. The maximum Gasteiger partial charge on any atom is 0.433 e. The average molecular weight is 797 g/mol. The third-order valence-electron chi connectivity index (χ3n) is 10.9. The summed E-state index contributed by atoms with van der Waals surface area (Å²) in [4.78, 5) is 40.9. The Balaban J connectivity index is 0.868. The fraction of sp³-hybridized carbons (Fsp3) is 0.386. The summed E-state index contributed by atoms with van der Waals surface area (Å²) in [6, 6.07) is 20.0. The highest BCUT2D eigenvalue weighted by atomic mass is 19.4. The van der Waals surface area contributed by atoms with Gasteiger partial charge in [0.25, 0.3) is 11.8 Å². The lowest BCUT2D eigenvalue weighted by Gasteiger charge is -2.28. The van der Waals surface area contributed by atoms with Crippen LogP contribution in [0.2, 0.25) is 0 Å². The Labute approximate surface area is 334 Å². The van der Waals surface area contributed by atoms with E-state index >= 15 is 0 Å². The van der Waals surface area contributed by atoms with Crippen molar-refractivity contribution in [3.05, 3.63) is 113 Å². The van der Waals surface area contributed by atoms with Crippen LogP contribution in [0.15, 0.2) is 79.0 Å². The Hall–Kier alpha value is -5.60. The molecule has 2 aromatic heterocycles. The lowest BCUT2D eigenvalue weighted by Crippen LogP contribution is -2.37. The van der Waals surface area contributed by atoms with Crippen molar-refractivity contribution in [1.29, 1.82) is 0 Å². The molecule has 1 aliphatic heterocycles. The number of carbonyl (C=O) groups is 3. The zero-order valence-electron chi connectivity index (χ0n) is 32.5. The zero-order valence-corrected chi connectivity index (χ0v) is 32.5. The molecule has 3 heterocycles. The summed E-state index contributed by atoms with van der Waals surface area (Å²) >= 11 is 0. The van der Waals surface area contributed by atoms with Crippen LogP contribution in [0.4, 0.5) is 18.9 Å². The van der Waals surface area contributed by atoms with E-state index < -0.39 is 29.3 Å². The number of imide groups is 1. The number of unbranched alkanes of at least 4 members (excludes halogenated alkanes) is 2. The van der Waals surface area contributed by atoms with Crippen molar-refractivity contribution in [2.75, 3.05) is 18.4 Å². The molecule has 1 fully saturated rings. The lowest BCUT2D eigenvalue weighted by atomic mass is 9.86. The number of halogens is 3. The number of fused-ring (bicyclic) bond motifs is 2. The number of rotatable bonds is 14. The van der Waals surface area contributed by atoms with Crippen molar-refractivity contribution < 1.29 is 37.4 Å². The van der Waals surface area contributed by atoms with Crippen LogP contribution in [-0.4, -0.2) is 50.7 Å². The SMILES string of the molecule is CC(C)(O)c1cc2nn(C3CCC(CNCCCCCc4ccccc4Oc4cccc5c4C(=O)NC(=O)C5)CC3)cc2cc1NC(=O)c1cccc(C(F)(F)F)n1. The van der Waals surface area contributed by atoms with E-state index in [-0.39, 0.29) is 29.8 Å². The first kappa shape index (κ1) is 40.6. The summed E-state index contributed by atoms with van der Waals surface area (Å²) in [5, 5.41) is 25.2. The largest absolute Gasteiger partial charge is 0.456 e. The molecule has 3 amide bonds. The normalized spacial score (nSPS) is 17.2. The summed E-state index contributed by atoms with van der Waals surface area (Å²) in [7, 11) is 0. The second kappa shape index (κ2) is 17.1. The summed E-state index contributed by atoms with van der Waals surface area (Å²) < 4.78 is 47.9. The first-order chi connectivity index (χ1) is 27.7. The average Bonchev–Trinajstić information content (AvgIpc) is 3.60.